The molecule has 0 saturated carbocycles. The molecule has 1 heterocycles. The van der Waals surface area contributed by atoms with E-state index in [1.54, 1.807) is 7.11 Å². The summed E-state index contributed by atoms with van der Waals surface area (Å²) in [6.07, 6.45) is 0. The standard InChI is InChI=1S/C8H15N3OS/c1-8(2,3)11-6(5-12-4)9-10-7(11)13/h5H2,1-4H3,(H,10,13). The van der Waals surface area contributed by atoms with Crippen molar-refractivity contribution in [3.8, 4) is 0 Å². The van der Waals surface area contributed by atoms with Gasteiger partial charge in [-0.3, -0.25) is 9.67 Å². The van der Waals surface area contributed by atoms with Gasteiger partial charge in [-0.25, -0.2) is 0 Å². The zero-order valence-electron chi connectivity index (χ0n) is 8.42. The molecule has 0 aliphatic rings. The molecule has 0 bridgehead atoms. The van der Waals surface area contributed by atoms with Crippen LogP contribution in [0.3, 0.4) is 0 Å². The molecular weight excluding hydrogens is 186 g/mol. The van der Waals surface area contributed by atoms with Gasteiger partial charge in [0.1, 0.15) is 6.61 Å². The second-order valence-corrected chi connectivity index (χ2v) is 4.27. The van der Waals surface area contributed by atoms with Crippen molar-refractivity contribution in [1.29, 1.82) is 0 Å². The van der Waals surface area contributed by atoms with Crippen LogP contribution in [0.2, 0.25) is 0 Å². The van der Waals surface area contributed by atoms with Crippen LogP contribution in [0.5, 0.6) is 0 Å². The fourth-order valence-corrected chi connectivity index (χ4v) is 1.67. The lowest BCUT2D eigenvalue weighted by Gasteiger charge is -2.22. The lowest BCUT2D eigenvalue weighted by atomic mass is 10.1. The second-order valence-electron chi connectivity index (χ2n) is 3.88. The number of rotatable bonds is 2. The first-order valence-corrected chi connectivity index (χ1v) is 4.53. The van der Waals surface area contributed by atoms with Crippen LogP contribution < -0.4 is 0 Å². The van der Waals surface area contributed by atoms with Gasteiger partial charge >= 0.3 is 0 Å². The van der Waals surface area contributed by atoms with Crippen LogP contribution in [0.25, 0.3) is 0 Å². The summed E-state index contributed by atoms with van der Waals surface area (Å²) in [7, 11) is 1.64. The van der Waals surface area contributed by atoms with Crippen LogP contribution in [0.4, 0.5) is 0 Å². The van der Waals surface area contributed by atoms with Gasteiger partial charge in [0.05, 0.1) is 0 Å². The van der Waals surface area contributed by atoms with E-state index in [4.69, 9.17) is 17.0 Å². The largest absolute Gasteiger partial charge is 0.377 e. The molecule has 1 rings (SSSR count). The van der Waals surface area contributed by atoms with E-state index in [9.17, 15) is 0 Å². The third kappa shape index (κ3) is 2.16. The topological polar surface area (TPSA) is 42.8 Å². The molecule has 0 spiro atoms. The van der Waals surface area contributed by atoms with Crippen molar-refractivity contribution in [3.05, 3.63) is 10.6 Å². The van der Waals surface area contributed by atoms with Crippen molar-refractivity contribution in [2.75, 3.05) is 7.11 Å². The predicted molar refractivity (Wildman–Crippen MR) is 53.1 cm³/mol. The molecule has 0 fully saturated rings. The van der Waals surface area contributed by atoms with E-state index in [0.29, 0.717) is 11.4 Å². The molecule has 0 aromatic carbocycles. The Morgan fingerprint density at radius 3 is 2.62 bits per heavy atom. The molecule has 0 saturated heterocycles. The summed E-state index contributed by atoms with van der Waals surface area (Å²) >= 11 is 5.12. The molecule has 4 nitrogen and oxygen atoms in total. The summed E-state index contributed by atoms with van der Waals surface area (Å²) in [5, 5.41) is 6.86. The van der Waals surface area contributed by atoms with Crippen LogP contribution in [-0.2, 0) is 16.9 Å². The van der Waals surface area contributed by atoms with Gasteiger partial charge < -0.3 is 4.74 Å². The Morgan fingerprint density at radius 2 is 2.15 bits per heavy atom. The lowest BCUT2D eigenvalue weighted by Crippen LogP contribution is -2.24. The highest BCUT2D eigenvalue weighted by atomic mass is 32.1. The molecule has 13 heavy (non-hydrogen) atoms. The number of methoxy groups -OCH3 is 1. The zero-order valence-corrected chi connectivity index (χ0v) is 9.23. The molecule has 0 amide bonds. The number of hydrogen-bond acceptors (Lipinski definition) is 3. The van der Waals surface area contributed by atoms with Gasteiger partial charge in [-0.1, -0.05) is 0 Å². The number of aromatic nitrogens is 3. The first kappa shape index (κ1) is 10.4. The average molecular weight is 201 g/mol. The summed E-state index contributed by atoms with van der Waals surface area (Å²) in [6, 6.07) is 0. The molecule has 1 aromatic rings. The smallest absolute Gasteiger partial charge is 0.195 e. The summed E-state index contributed by atoms with van der Waals surface area (Å²) in [4.78, 5) is 0. The van der Waals surface area contributed by atoms with Crippen molar-refractivity contribution in [3.63, 3.8) is 0 Å². The van der Waals surface area contributed by atoms with Gasteiger partial charge in [-0.05, 0) is 33.0 Å². The highest BCUT2D eigenvalue weighted by Gasteiger charge is 2.18. The molecule has 0 radical (unpaired) electrons. The third-order valence-electron chi connectivity index (χ3n) is 1.69. The van der Waals surface area contributed by atoms with E-state index in [1.165, 1.54) is 0 Å². The monoisotopic (exact) mass is 201 g/mol. The van der Waals surface area contributed by atoms with Gasteiger partial charge in [0.25, 0.3) is 0 Å². The molecule has 0 atom stereocenters. The number of H-pyrrole nitrogens is 1. The average Bonchev–Trinajstić information content (AvgIpc) is 2.31. The summed E-state index contributed by atoms with van der Waals surface area (Å²) < 4.78 is 7.63. The second kappa shape index (κ2) is 3.59. The predicted octanol–water partition coefficient (Wildman–Crippen LogP) is 1.84. The summed E-state index contributed by atoms with van der Waals surface area (Å²) in [5.74, 6) is 0.833. The Hall–Kier alpha value is -0.680. The van der Waals surface area contributed by atoms with E-state index in [1.807, 2.05) is 4.57 Å². The normalized spacial score (nSPS) is 12.0. The minimum absolute atomic E-state index is 0.0576. The van der Waals surface area contributed by atoms with Crippen LogP contribution >= 0.6 is 12.2 Å². The molecule has 1 aromatic heterocycles. The van der Waals surface area contributed by atoms with Gasteiger partial charge in [-0.15, -0.1) is 0 Å². The van der Waals surface area contributed by atoms with E-state index >= 15 is 0 Å². The fraction of sp³-hybridized carbons (Fsp3) is 0.750. The minimum atomic E-state index is -0.0576. The number of ether oxygens (including phenoxy) is 1. The summed E-state index contributed by atoms with van der Waals surface area (Å²) in [6.45, 7) is 6.72. The maximum absolute atomic E-state index is 5.12. The van der Waals surface area contributed by atoms with Crippen molar-refractivity contribution in [2.45, 2.75) is 32.9 Å². The molecule has 1 N–H and O–H groups in total. The molecule has 74 valence electrons. The van der Waals surface area contributed by atoms with Crippen LogP contribution in [-0.4, -0.2) is 21.9 Å². The van der Waals surface area contributed by atoms with E-state index in [0.717, 1.165) is 5.82 Å². The molecule has 5 heteroatoms. The Labute approximate surface area is 82.9 Å². The summed E-state index contributed by atoms with van der Waals surface area (Å²) in [5.41, 5.74) is -0.0576. The number of aromatic amines is 1. The molecular formula is C8H15N3OS. The minimum Gasteiger partial charge on any atom is -0.377 e. The zero-order chi connectivity index (χ0) is 10.1. The SMILES string of the molecule is COCc1n[nH]c(=S)n1C(C)(C)C. The van der Waals surface area contributed by atoms with Gasteiger partial charge in [-0.2, -0.15) is 5.10 Å². The maximum Gasteiger partial charge on any atom is 0.195 e. The Bertz CT molecular complexity index is 334. The van der Waals surface area contributed by atoms with Crippen molar-refractivity contribution >= 4 is 12.2 Å². The Kier molecular flexibility index (Phi) is 2.87. The van der Waals surface area contributed by atoms with E-state index in [-0.39, 0.29) is 5.54 Å². The first-order valence-electron chi connectivity index (χ1n) is 4.12. The Balaban J connectivity index is 3.17. The third-order valence-corrected chi connectivity index (χ3v) is 1.96. The molecule has 0 aliphatic heterocycles. The number of nitrogens with one attached hydrogen (secondary N) is 1. The van der Waals surface area contributed by atoms with Crippen LogP contribution in [0.15, 0.2) is 0 Å². The van der Waals surface area contributed by atoms with Gasteiger partial charge in [0.15, 0.2) is 10.6 Å². The van der Waals surface area contributed by atoms with Crippen molar-refractivity contribution < 1.29 is 4.74 Å². The van der Waals surface area contributed by atoms with E-state index < -0.39 is 0 Å². The molecule has 0 aliphatic carbocycles. The van der Waals surface area contributed by atoms with E-state index in [2.05, 4.69) is 31.0 Å². The Morgan fingerprint density at radius 1 is 1.54 bits per heavy atom. The highest BCUT2D eigenvalue weighted by molar-refractivity contribution is 7.71. The van der Waals surface area contributed by atoms with Crippen molar-refractivity contribution in [1.82, 2.24) is 14.8 Å². The maximum atomic E-state index is 5.12. The highest BCUT2D eigenvalue weighted by Crippen LogP contribution is 2.16. The molecule has 0 unspecified atom stereocenters. The number of hydrogen-bond donors (Lipinski definition) is 1. The quantitative estimate of drug-likeness (QED) is 0.742. The number of nitrogens with zero attached hydrogens (tertiary/aromatic N) is 2. The van der Waals surface area contributed by atoms with Crippen molar-refractivity contribution in [2.24, 2.45) is 0 Å². The van der Waals surface area contributed by atoms with Crippen LogP contribution in [0, 0.1) is 4.77 Å². The first-order chi connectivity index (χ1) is 5.96. The fourth-order valence-electron chi connectivity index (χ4n) is 1.25. The van der Waals surface area contributed by atoms with Crippen LogP contribution in [0.1, 0.15) is 26.6 Å². The lowest BCUT2D eigenvalue weighted by molar-refractivity contribution is 0.168. The van der Waals surface area contributed by atoms with Gasteiger partial charge in [0, 0.05) is 12.6 Å². The van der Waals surface area contributed by atoms with Gasteiger partial charge in [0.2, 0.25) is 0 Å².